The van der Waals surface area contributed by atoms with E-state index in [2.05, 4.69) is 35.3 Å². The molecule has 0 bridgehead atoms. The van der Waals surface area contributed by atoms with E-state index in [4.69, 9.17) is 4.98 Å². The fourth-order valence-corrected chi connectivity index (χ4v) is 3.43. The molecule has 25 heavy (non-hydrogen) atoms. The number of hydrogen-bond donors (Lipinski definition) is 4. The van der Waals surface area contributed by atoms with Gasteiger partial charge in [-0.25, -0.2) is 4.98 Å². The van der Waals surface area contributed by atoms with E-state index in [1.807, 2.05) is 30.3 Å². The maximum Gasteiger partial charge on any atom is 0.252 e. The first-order valence-electron chi connectivity index (χ1n) is 9.07. The normalized spacial score (nSPS) is 25.9. The summed E-state index contributed by atoms with van der Waals surface area (Å²) in [5, 5.41) is 7.42. The van der Waals surface area contributed by atoms with Gasteiger partial charge in [0.2, 0.25) is 0 Å². The first kappa shape index (κ1) is 16.3. The Balaban J connectivity index is 1.59. The zero-order valence-corrected chi connectivity index (χ0v) is 14.7. The van der Waals surface area contributed by atoms with E-state index in [-0.39, 0.29) is 5.91 Å². The maximum absolute atomic E-state index is 12.6. The predicted molar refractivity (Wildman–Crippen MR) is 99.4 cm³/mol. The Hall–Kier alpha value is -2.18. The number of carbonyl (C=O) groups is 1. The molecule has 1 aliphatic heterocycles. The Morgan fingerprint density at radius 2 is 1.92 bits per heavy atom. The average molecular weight is 339 g/mol. The van der Waals surface area contributed by atoms with Crippen molar-refractivity contribution in [1.29, 1.82) is 0 Å². The first-order valence-corrected chi connectivity index (χ1v) is 9.07. The van der Waals surface area contributed by atoms with Crippen LogP contribution in [0.3, 0.4) is 0 Å². The van der Waals surface area contributed by atoms with Crippen LogP contribution in [-0.2, 0) is 0 Å². The number of amides is 1. The number of aromatic nitrogens is 1. The van der Waals surface area contributed by atoms with Gasteiger partial charge in [0, 0.05) is 36.0 Å². The number of nitrogens with one attached hydrogen (secondary N) is 4. The van der Waals surface area contributed by atoms with Gasteiger partial charge < -0.3 is 10.6 Å². The molecule has 2 aromatic rings. The minimum atomic E-state index is -0.00455. The molecule has 4 rings (SSSR count). The molecular weight excluding hydrogens is 314 g/mol. The number of para-hydroxylation sites is 1. The second kappa shape index (κ2) is 6.61. The third kappa shape index (κ3) is 3.45. The molecule has 1 saturated carbocycles. The SMILES string of the molecule is CC1NNC(C)C1CNc1cc(C(=O)NC2CC2)c2ccccc2n1. The van der Waals surface area contributed by atoms with Crippen LogP contribution in [0.1, 0.15) is 37.0 Å². The summed E-state index contributed by atoms with van der Waals surface area (Å²) in [7, 11) is 0. The first-order chi connectivity index (χ1) is 12.1. The molecule has 1 aliphatic carbocycles. The molecule has 4 N–H and O–H groups in total. The molecule has 132 valence electrons. The molecular formula is C19H25N5O. The van der Waals surface area contributed by atoms with Crippen molar-refractivity contribution in [2.24, 2.45) is 5.92 Å². The van der Waals surface area contributed by atoms with Crippen molar-refractivity contribution in [3.8, 4) is 0 Å². The van der Waals surface area contributed by atoms with E-state index in [1.165, 1.54) is 0 Å². The van der Waals surface area contributed by atoms with Crippen molar-refractivity contribution in [2.45, 2.75) is 44.8 Å². The molecule has 2 heterocycles. The third-order valence-corrected chi connectivity index (χ3v) is 5.22. The molecule has 1 aromatic heterocycles. The van der Waals surface area contributed by atoms with Crippen LogP contribution in [0.2, 0.25) is 0 Å². The molecule has 6 nitrogen and oxygen atoms in total. The lowest BCUT2D eigenvalue weighted by Gasteiger charge is -2.19. The van der Waals surface area contributed by atoms with Crippen LogP contribution in [0.15, 0.2) is 30.3 Å². The molecule has 2 fully saturated rings. The largest absolute Gasteiger partial charge is 0.370 e. The smallest absolute Gasteiger partial charge is 0.252 e. The number of nitrogens with zero attached hydrogens (tertiary/aromatic N) is 1. The van der Waals surface area contributed by atoms with Crippen LogP contribution in [0.4, 0.5) is 5.82 Å². The van der Waals surface area contributed by atoms with E-state index >= 15 is 0 Å². The number of pyridine rings is 1. The highest BCUT2D eigenvalue weighted by atomic mass is 16.1. The summed E-state index contributed by atoms with van der Waals surface area (Å²) in [6, 6.07) is 10.8. The van der Waals surface area contributed by atoms with Gasteiger partial charge >= 0.3 is 0 Å². The van der Waals surface area contributed by atoms with Crippen LogP contribution < -0.4 is 21.5 Å². The summed E-state index contributed by atoms with van der Waals surface area (Å²) in [5.41, 5.74) is 8.08. The fourth-order valence-electron chi connectivity index (χ4n) is 3.43. The number of carbonyl (C=O) groups excluding carboxylic acids is 1. The minimum absolute atomic E-state index is 0.00455. The Bertz CT molecular complexity index is 778. The van der Waals surface area contributed by atoms with E-state index < -0.39 is 0 Å². The van der Waals surface area contributed by atoms with Crippen molar-refractivity contribution in [3.63, 3.8) is 0 Å². The molecule has 2 unspecified atom stereocenters. The molecule has 2 atom stereocenters. The van der Waals surface area contributed by atoms with E-state index in [0.29, 0.717) is 29.6 Å². The van der Waals surface area contributed by atoms with Crippen LogP contribution in [0.25, 0.3) is 10.9 Å². The van der Waals surface area contributed by atoms with Crippen molar-refractivity contribution >= 4 is 22.6 Å². The number of anilines is 1. The molecule has 0 radical (unpaired) electrons. The zero-order chi connectivity index (χ0) is 17.4. The van der Waals surface area contributed by atoms with Gasteiger partial charge in [0.25, 0.3) is 5.91 Å². The quantitative estimate of drug-likeness (QED) is 0.671. The van der Waals surface area contributed by atoms with Gasteiger partial charge in [0.05, 0.1) is 11.1 Å². The van der Waals surface area contributed by atoms with Gasteiger partial charge in [0.1, 0.15) is 5.82 Å². The van der Waals surface area contributed by atoms with E-state index in [1.54, 1.807) is 0 Å². The second-order valence-corrected chi connectivity index (χ2v) is 7.23. The molecule has 1 saturated heterocycles. The van der Waals surface area contributed by atoms with Crippen molar-refractivity contribution in [1.82, 2.24) is 21.2 Å². The topological polar surface area (TPSA) is 78.1 Å². The lowest BCUT2D eigenvalue weighted by molar-refractivity contribution is 0.0952. The molecule has 2 aliphatic rings. The molecule has 6 heteroatoms. The summed E-state index contributed by atoms with van der Waals surface area (Å²) in [6.45, 7) is 5.15. The van der Waals surface area contributed by atoms with Crippen molar-refractivity contribution in [3.05, 3.63) is 35.9 Å². The monoisotopic (exact) mass is 339 g/mol. The van der Waals surface area contributed by atoms with Crippen molar-refractivity contribution in [2.75, 3.05) is 11.9 Å². The van der Waals surface area contributed by atoms with Gasteiger partial charge in [-0.2, -0.15) is 0 Å². The molecule has 1 aromatic carbocycles. The van der Waals surface area contributed by atoms with Crippen LogP contribution >= 0.6 is 0 Å². The standard InChI is InChI=1S/C19H25N5O/c1-11-16(12(2)24-23-11)10-20-18-9-15(19(25)21-13-7-8-13)14-5-3-4-6-17(14)22-18/h3-6,9,11-13,16,23-24H,7-8,10H2,1-2H3,(H,20,22)(H,21,25). The van der Waals surface area contributed by atoms with Gasteiger partial charge in [-0.3, -0.25) is 15.6 Å². The maximum atomic E-state index is 12.6. The Kier molecular flexibility index (Phi) is 4.31. The van der Waals surface area contributed by atoms with Crippen LogP contribution in [0.5, 0.6) is 0 Å². The minimum Gasteiger partial charge on any atom is -0.370 e. The lowest BCUT2D eigenvalue weighted by atomic mass is 9.97. The van der Waals surface area contributed by atoms with Gasteiger partial charge in [-0.1, -0.05) is 18.2 Å². The summed E-state index contributed by atoms with van der Waals surface area (Å²) in [5.74, 6) is 1.21. The fraction of sp³-hybridized carbons (Fsp3) is 0.474. The van der Waals surface area contributed by atoms with Gasteiger partial charge in [-0.05, 0) is 38.8 Å². The Morgan fingerprint density at radius 3 is 2.64 bits per heavy atom. The number of fused-ring (bicyclic) bond motifs is 1. The highest BCUT2D eigenvalue weighted by Gasteiger charge is 2.29. The lowest BCUT2D eigenvalue weighted by Crippen LogP contribution is -2.30. The predicted octanol–water partition coefficient (Wildman–Crippen LogP) is 2.04. The highest BCUT2D eigenvalue weighted by Crippen LogP contribution is 2.24. The zero-order valence-electron chi connectivity index (χ0n) is 14.7. The number of rotatable bonds is 5. The van der Waals surface area contributed by atoms with Gasteiger partial charge in [0.15, 0.2) is 0 Å². The summed E-state index contributed by atoms with van der Waals surface area (Å²) in [6.07, 6.45) is 2.16. The molecule has 1 amide bonds. The van der Waals surface area contributed by atoms with E-state index in [0.717, 1.165) is 36.1 Å². The Morgan fingerprint density at radius 1 is 1.20 bits per heavy atom. The summed E-state index contributed by atoms with van der Waals surface area (Å²) >= 11 is 0. The number of hydrazine groups is 1. The van der Waals surface area contributed by atoms with Crippen LogP contribution in [-0.4, -0.2) is 35.6 Å². The highest BCUT2D eigenvalue weighted by molar-refractivity contribution is 6.07. The van der Waals surface area contributed by atoms with E-state index in [9.17, 15) is 4.79 Å². The number of benzene rings is 1. The van der Waals surface area contributed by atoms with Gasteiger partial charge in [-0.15, -0.1) is 0 Å². The summed E-state index contributed by atoms with van der Waals surface area (Å²) in [4.78, 5) is 17.3. The van der Waals surface area contributed by atoms with Crippen molar-refractivity contribution < 1.29 is 4.79 Å². The third-order valence-electron chi connectivity index (χ3n) is 5.22. The second-order valence-electron chi connectivity index (χ2n) is 7.23. The number of hydrogen-bond acceptors (Lipinski definition) is 5. The average Bonchev–Trinajstić information content (AvgIpc) is 3.37. The van der Waals surface area contributed by atoms with Crippen LogP contribution in [0, 0.1) is 5.92 Å². The Labute approximate surface area is 147 Å². The summed E-state index contributed by atoms with van der Waals surface area (Å²) < 4.78 is 0. The molecule has 0 spiro atoms.